The Morgan fingerprint density at radius 3 is 2.74 bits per heavy atom. The third-order valence-corrected chi connectivity index (χ3v) is 4.21. The van der Waals surface area contributed by atoms with E-state index >= 15 is 0 Å². The lowest BCUT2D eigenvalue weighted by Gasteiger charge is -2.13. The Labute approximate surface area is 114 Å². The fourth-order valence-corrected chi connectivity index (χ4v) is 3.23. The molecule has 1 aromatic rings. The zero-order valence-electron chi connectivity index (χ0n) is 11.8. The molecule has 3 N–H and O–H groups in total. The molecule has 0 bridgehead atoms. The van der Waals surface area contributed by atoms with Crippen LogP contribution >= 0.6 is 0 Å². The van der Waals surface area contributed by atoms with Crippen LogP contribution in [0, 0.1) is 6.92 Å². The Hall–Kier alpha value is -0.960. The van der Waals surface area contributed by atoms with Crippen molar-refractivity contribution in [3.05, 3.63) is 11.4 Å². The number of ether oxygens (including phenoxy) is 1. The number of nitrogens with zero attached hydrogens (tertiary/aromatic N) is 1. The van der Waals surface area contributed by atoms with Crippen LogP contribution in [0.2, 0.25) is 0 Å². The van der Waals surface area contributed by atoms with Crippen LogP contribution in [0.25, 0.3) is 0 Å². The highest BCUT2D eigenvalue weighted by Crippen LogP contribution is 2.17. The van der Waals surface area contributed by atoms with Gasteiger partial charge in [-0.05, 0) is 27.8 Å². The van der Waals surface area contributed by atoms with E-state index in [4.69, 9.17) is 4.74 Å². The summed E-state index contributed by atoms with van der Waals surface area (Å²) in [4.78, 5) is 0.213. The van der Waals surface area contributed by atoms with Crippen molar-refractivity contribution in [2.75, 3.05) is 20.2 Å². The number of rotatable bonds is 8. The van der Waals surface area contributed by atoms with Gasteiger partial charge >= 0.3 is 0 Å². The maximum atomic E-state index is 12.3. The predicted molar refractivity (Wildman–Crippen MR) is 72.4 cm³/mol. The zero-order valence-corrected chi connectivity index (χ0v) is 12.6. The zero-order chi connectivity index (χ0) is 14.5. The predicted octanol–water partition coefficient (Wildman–Crippen LogP) is 0.141. The molecule has 8 heteroatoms. The maximum absolute atomic E-state index is 12.3. The van der Waals surface area contributed by atoms with Gasteiger partial charge in [-0.25, -0.2) is 13.1 Å². The summed E-state index contributed by atoms with van der Waals surface area (Å²) in [5.41, 5.74) is 1.01. The number of aromatic nitrogens is 2. The number of hydrogen-bond donors (Lipinski definition) is 3. The Bertz CT molecular complexity index is 498. The molecule has 110 valence electrons. The quantitative estimate of drug-likeness (QED) is 0.633. The second-order valence-corrected chi connectivity index (χ2v) is 5.98. The molecular formula is C11H22N4O3S. The summed E-state index contributed by atoms with van der Waals surface area (Å²) < 4.78 is 32.4. The summed E-state index contributed by atoms with van der Waals surface area (Å²) in [6.07, 6.45) is -0.167. The van der Waals surface area contributed by atoms with Crippen molar-refractivity contribution in [3.63, 3.8) is 0 Å². The number of aryl methyl sites for hydroxylation is 1. The summed E-state index contributed by atoms with van der Waals surface area (Å²) in [6, 6.07) is 0. The van der Waals surface area contributed by atoms with Gasteiger partial charge < -0.3 is 10.1 Å². The van der Waals surface area contributed by atoms with Crippen LogP contribution in [0.4, 0.5) is 0 Å². The molecule has 0 saturated heterocycles. The van der Waals surface area contributed by atoms with E-state index in [0.29, 0.717) is 24.5 Å². The molecule has 7 nitrogen and oxygen atoms in total. The standard InChI is InChI=1S/C11H22N4O3S/c1-5-18-8(2)6-13-19(16,17)11-9(3)14-15-10(11)7-12-4/h8,12-13H,5-7H2,1-4H3,(H,14,15). The molecule has 0 aliphatic heterocycles. The van der Waals surface area contributed by atoms with Gasteiger partial charge in [-0.3, -0.25) is 5.10 Å². The van der Waals surface area contributed by atoms with Crippen molar-refractivity contribution in [2.24, 2.45) is 0 Å². The van der Waals surface area contributed by atoms with E-state index in [2.05, 4.69) is 20.2 Å². The maximum Gasteiger partial charge on any atom is 0.244 e. The van der Waals surface area contributed by atoms with Crippen molar-refractivity contribution in [1.82, 2.24) is 20.2 Å². The average Bonchev–Trinajstić information content (AvgIpc) is 2.70. The molecule has 1 rings (SSSR count). The fraction of sp³-hybridized carbons (Fsp3) is 0.727. The van der Waals surface area contributed by atoms with E-state index in [0.717, 1.165) is 0 Å². The third kappa shape index (κ3) is 4.27. The molecule has 0 aromatic carbocycles. The summed E-state index contributed by atoms with van der Waals surface area (Å²) in [5.74, 6) is 0. The molecule has 1 aromatic heterocycles. The topological polar surface area (TPSA) is 96.1 Å². The van der Waals surface area contributed by atoms with Gasteiger partial charge in [-0.15, -0.1) is 0 Å². The van der Waals surface area contributed by atoms with Crippen molar-refractivity contribution in [2.45, 2.75) is 38.3 Å². The van der Waals surface area contributed by atoms with Gasteiger partial charge in [0.05, 0.1) is 17.5 Å². The number of nitrogens with one attached hydrogen (secondary N) is 3. The molecule has 1 atom stereocenters. The minimum absolute atomic E-state index is 0.167. The molecule has 1 unspecified atom stereocenters. The largest absolute Gasteiger partial charge is 0.377 e. The fourth-order valence-electron chi connectivity index (χ4n) is 1.76. The van der Waals surface area contributed by atoms with Crippen LogP contribution in [-0.2, 0) is 21.3 Å². The van der Waals surface area contributed by atoms with Crippen molar-refractivity contribution >= 4 is 10.0 Å². The van der Waals surface area contributed by atoms with Gasteiger partial charge in [0.15, 0.2) is 0 Å². The molecule has 0 spiro atoms. The molecule has 0 aliphatic carbocycles. The second kappa shape index (κ2) is 6.99. The van der Waals surface area contributed by atoms with Crippen LogP contribution in [0.1, 0.15) is 25.2 Å². The lowest BCUT2D eigenvalue weighted by molar-refractivity contribution is 0.0799. The van der Waals surface area contributed by atoms with Gasteiger partial charge in [-0.1, -0.05) is 0 Å². The van der Waals surface area contributed by atoms with E-state index in [1.165, 1.54) is 0 Å². The first kappa shape index (κ1) is 16.1. The Balaban J connectivity index is 2.85. The van der Waals surface area contributed by atoms with Crippen molar-refractivity contribution in [1.29, 1.82) is 0 Å². The van der Waals surface area contributed by atoms with Crippen LogP contribution in [0.5, 0.6) is 0 Å². The van der Waals surface area contributed by atoms with Crippen molar-refractivity contribution in [3.8, 4) is 0 Å². The van der Waals surface area contributed by atoms with Crippen LogP contribution in [-0.4, -0.2) is 44.9 Å². The lowest BCUT2D eigenvalue weighted by atomic mass is 10.4. The molecule has 0 amide bonds. The van der Waals surface area contributed by atoms with E-state index in [1.807, 2.05) is 13.8 Å². The second-order valence-electron chi connectivity index (χ2n) is 4.27. The summed E-state index contributed by atoms with van der Waals surface area (Å²) in [5, 5.41) is 9.59. The Morgan fingerprint density at radius 2 is 2.16 bits per heavy atom. The van der Waals surface area contributed by atoms with Crippen LogP contribution in [0.15, 0.2) is 4.90 Å². The molecule has 0 saturated carbocycles. The Kier molecular flexibility index (Phi) is 5.92. The molecule has 0 fully saturated rings. The SMILES string of the molecule is CCOC(C)CNS(=O)(=O)c1c(CNC)n[nH]c1C. The first-order valence-electron chi connectivity index (χ1n) is 6.22. The summed E-state index contributed by atoms with van der Waals surface area (Å²) in [7, 11) is -1.84. The Morgan fingerprint density at radius 1 is 1.47 bits per heavy atom. The average molecular weight is 290 g/mol. The summed E-state index contributed by atoms with van der Waals surface area (Å²) in [6.45, 7) is 6.56. The van der Waals surface area contributed by atoms with E-state index in [9.17, 15) is 8.42 Å². The highest BCUT2D eigenvalue weighted by molar-refractivity contribution is 7.89. The van der Waals surface area contributed by atoms with Gasteiger partial charge in [0.25, 0.3) is 0 Å². The molecule has 1 heterocycles. The van der Waals surface area contributed by atoms with E-state index in [1.54, 1.807) is 14.0 Å². The number of sulfonamides is 1. The minimum Gasteiger partial charge on any atom is -0.377 e. The van der Waals surface area contributed by atoms with E-state index in [-0.39, 0.29) is 17.5 Å². The van der Waals surface area contributed by atoms with Gasteiger partial charge in [-0.2, -0.15) is 5.10 Å². The molecular weight excluding hydrogens is 268 g/mol. The minimum atomic E-state index is -3.58. The monoisotopic (exact) mass is 290 g/mol. The molecule has 0 radical (unpaired) electrons. The third-order valence-electron chi connectivity index (χ3n) is 2.59. The highest BCUT2D eigenvalue weighted by atomic mass is 32.2. The lowest BCUT2D eigenvalue weighted by Crippen LogP contribution is -2.33. The van der Waals surface area contributed by atoms with Crippen LogP contribution in [0.3, 0.4) is 0 Å². The number of hydrogen-bond acceptors (Lipinski definition) is 5. The highest BCUT2D eigenvalue weighted by Gasteiger charge is 2.24. The molecule has 19 heavy (non-hydrogen) atoms. The number of H-pyrrole nitrogens is 1. The van der Waals surface area contributed by atoms with Crippen LogP contribution < -0.4 is 10.0 Å². The van der Waals surface area contributed by atoms with Gasteiger partial charge in [0.2, 0.25) is 10.0 Å². The van der Waals surface area contributed by atoms with Crippen molar-refractivity contribution < 1.29 is 13.2 Å². The smallest absolute Gasteiger partial charge is 0.244 e. The summed E-state index contributed by atoms with van der Waals surface area (Å²) >= 11 is 0. The first-order chi connectivity index (χ1) is 8.92. The normalized spacial score (nSPS) is 13.7. The first-order valence-corrected chi connectivity index (χ1v) is 7.70. The molecule has 0 aliphatic rings. The van der Waals surface area contributed by atoms with Gasteiger partial charge in [0, 0.05) is 19.7 Å². The number of aromatic amines is 1. The van der Waals surface area contributed by atoms with E-state index < -0.39 is 10.0 Å². The van der Waals surface area contributed by atoms with Gasteiger partial charge in [0.1, 0.15) is 4.90 Å².